The maximum atomic E-state index is 12.3. The van der Waals surface area contributed by atoms with E-state index in [1.807, 2.05) is 19.9 Å². The summed E-state index contributed by atoms with van der Waals surface area (Å²) in [6, 6.07) is 1.95. The SMILES string of the molecule is Cc1cc(C)nc(N2CCC[C@@H](C(=O)Nc3ncn[nH]3)C2)n1. The van der Waals surface area contributed by atoms with Crippen molar-refractivity contribution in [3.8, 4) is 0 Å². The van der Waals surface area contributed by atoms with E-state index >= 15 is 0 Å². The monoisotopic (exact) mass is 301 g/mol. The molecule has 1 aliphatic heterocycles. The standard InChI is InChI=1S/C14H19N7O/c1-9-6-10(2)18-14(17-9)21-5-3-4-11(7-21)12(22)19-13-15-8-16-20-13/h6,8,11H,3-5,7H2,1-2H3,(H2,15,16,19,20,22)/t11-/m1/s1. The van der Waals surface area contributed by atoms with E-state index < -0.39 is 0 Å². The number of anilines is 2. The molecule has 8 heteroatoms. The second-order valence-corrected chi connectivity index (χ2v) is 5.56. The molecule has 0 aromatic carbocycles. The molecule has 22 heavy (non-hydrogen) atoms. The first-order chi connectivity index (χ1) is 10.6. The number of aromatic amines is 1. The number of amides is 1. The lowest BCUT2D eigenvalue weighted by atomic mass is 9.97. The average molecular weight is 301 g/mol. The van der Waals surface area contributed by atoms with Gasteiger partial charge in [0.05, 0.1) is 5.92 Å². The number of aryl methyl sites for hydroxylation is 2. The zero-order chi connectivity index (χ0) is 15.5. The molecule has 3 rings (SSSR count). The molecule has 1 aliphatic rings. The van der Waals surface area contributed by atoms with Crippen LogP contribution in [0.5, 0.6) is 0 Å². The second-order valence-electron chi connectivity index (χ2n) is 5.56. The fourth-order valence-corrected chi connectivity index (χ4v) is 2.71. The number of piperidine rings is 1. The minimum absolute atomic E-state index is 0.0502. The van der Waals surface area contributed by atoms with Gasteiger partial charge in [-0.2, -0.15) is 10.1 Å². The lowest BCUT2D eigenvalue weighted by Gasteiger charge is -2.32. The number of hydrogen-bond donors (Lipinski definition) is 2. The van der Waals surface area contributed by atoms with Gasteiger partial charge in [0.15, 0.2) is 0 Å². The van der Waals surface area contributed by atoms with Gasteiger partial charge in [0.2, 0.25) is 17.8 Å². The van der Waals surface area contributed by atoms with Gasteiger partial charge in [0.25, 0.3) is 0 Å². The lowest BCUT2D eigenvalue weighted by Crippen LogP contribution is -2.41. The molecule has 2 aromatic heterocycles. The predicted molar refractivity (Wildman–Crippen MR) is 81.5 cm³/mol. The van der Waals surface area contributed by atoms with Crippen LogP contribution in [0.15, 0.2) is 12.4 Å². The third kappa shape index (κ3) is 3.21. The highest BCUT2D eigenvalue weighted by molar-refractivity contribution is 5.91. The van der Waals surface area contributed by atoms with E-state index in [0.29, 0.717) is 18.4 Å². The number of nitrogens with one attached hydrogen (secondary N) is 2. The van der Waals surface area contributed by atoms with Crippen molar-refractivity contribution in [1.29, 1.82) is 0 Å². The van der Waals surface area contributed by atoms with Crippen LogP contribution in [0.3, 0.4) is 0 Å². The molecule has 1 atom stereocenters. The number of carbonyl (C=O) groups excluding carboxylic acids is 1. The van der Waals surface area contributed by atoms with Crippen LogP contribution in [0.2, 0.25) is 0 Å². The molecule has 0 bridgehead atoms. The van der Waals surface area contributed by atoms with Crippen LogP contribution >= 0.6 is 0 Å². The van der Waals surface area contributed by atoms with E-state index in [1.54, 1.807) is 0 Å². The quantitative estimate of drug-likeness (QED) is 0.879. The van der Waals surface area contributed by atoms with Gasteiger partial charge in [0.1, 0.15) is 6.33 Å². The Morgan fingerprint density at radius 3 is 2.82 bits per heavy atom. The van der Waals surface area contributed by atoms with E-state index in [0.717, 1.165) is 30.8 Å². The number of H-pyrrole nitrogens is 1. The van der Waals surface area contributed by atoms with Gasteiger partial charge in [-0.05, 0) is 32.8 Å². The molecule has 2 aromatic rings. The molecule has 0 aliphatic carbocycles. The normalized spacial score (nSPS) is 18.3. The average Bonchev–Trinajstić information content (AvgIpc) is 2.99. The van der Waals surface area contributed by atoms with Crippen molar-refractivity contribution in [3.05, 3.63) is 23.8 Å². The molecule has 2 N–H and O–H groups in total. The van der Waals surface area contributed by atoms with Gasteiger partial charge in [0, 0.05) is 24.5 Å². The van der Waals surface area contributed by atoms with Gasteiger partial charge >= 0.3 is 0 Å². The second kappa shape index (κ2) is 6.08. The third-order valence-corrected chi connectivity index (χ3v) is 3.70. The predicted octanol–water partition coefficient (Wildman–Crippen LogP) is 1.07. The Bertz CT molecular complexity index is 635. The molecule has 0 radical (unpaired) electrons. The molecule has 116 valence electrons. The summed E-state index contributed by atoms with van der Waals surface area (Å²) in [4.78, 5) is 27.3. The first kappa shape index (κ1) is 14.4. The summed E-state index contributed by atoms with van der Waals surface area (Å²) in [6.07, 6.45) is 3.15. The van der Waals surface area contributed by atoms with E-state index in [2.05, 4.69) is 35.4 Å². The Morgan fingerprint density at radius 1 is 1.36 bits per heavy atom. The van der Waals surface area contributed by atoms with Crippen molar-refractivity contribution in [1.82, 2.24) is 25.1 Å². The molecule has 0 spiro atoms. The van der Waals surface area contributed by atoms with Gasteiger partial charge in [-0.1, -0.05) is 0 Å². The maximum Gasteiger partial charge on any atom is 0.231 e. The lowest BCUT2D eigenvalue weighted by molar-refractivity contribution is -0.120. The Kier molecular flexibility index (Phi) is 3.99. The van der Waals surface area contributed by atoms with Crippen LogP contribution in [-0.4, -0.2) is 44.1 Å². The Morgan fingerprint density at radius 2 is 2.14 bits per heavy atom. The molecular weight excluding hydrogens is 282 g/mol. The Balaban J connectivity index is 1.69. The van der Waals surface area contributed by atoms with E-state index in [-0.39, 0.29) is 11.8 Å². The molecule has 0 saturated carbocycles. The van der Waals surface area contributed by atoms with Gasteiger partial charge in [-0.15, -0.1) is 0 Å². The van der Waals surface area contributed by atoms with Gasteiger partial charge in [-0.3, -0.25) is 10.1 Å². The smallest absolute Gasteiger partial charge is 0.231 e. The van der Waals surface area contributed by atoms with E-state index in [4.69, 9.17) is 0 Å². The topological polar surface area (TPSA) is 99.7 Å². The number of aromatic nitrogens is 5. The minimum Gasteiger partial charge on any atom is -0.340 e. The molecule has 0 unspecified atom stereocenters. The van der Waals surface area contributed by atoms with Crippen molar-refractivity contribution in [2.24, 2.45) is 5.92 Å². The van der Waals surface area contributed by atoms with Crippen LogP contribution in [0.1, 0.15) is 24.2 Å². The molecule has 8 nitrogen and oxygen atoms in total. The van der Waals surface area contributed by atoms with Gasteiger partial charge < -0.3 is 4.90 Å². The highest BCUT2D eigenvalue weighted by Crippen LogP contribution is 2.21. The highest BCUT2D eigenvalue weighted by Gasteiger charge is 2.27. The summed E-state index contributed by atoms with van der Waals surface area (Å²) in [6.45, 7) is 5.39. The van der Waals surface area contributed by atoms with Gasteiger partial charge in [-0.25, -0.2) is 15.1 Å². The summed E-state index contributed by atoms with van der Waals surface area (Å²) in [7, 11) is 0. The first-order valence-corrected chi connectivity index (χ1v) is 7.35. The van der Waals surface area contributed by atoms with Crippen LogP contribution in [-0.2, 0) is 4.79 Å². The van der Waals surface area contributed by atoms with Crippen molar-refractivity contribution in [3.63, 3.8) is 0 Å². The fraction of sp³-hybridized carbons (Fsp3) is 0.500. The molecule has 1 saturated heterocycles. The molecular formula is C14H19N7O. The first-order valence-electron chi connectivity index (χ1n) is 7.35. The zero-order valence-corrected chi connectivity index (χ0v) is 12.7. The van der Waals surface area contributed by atoms with Crippen molar-refractivity contribution in [2.45, 2.75) is 26.7 Å². The third-order valence-electron chi connectivity index (χ3n) is 3.70. The van der Waals surface area contributed by atoms with Crippen molar-refractivity contribution < 1.29 is 4.79 Å². The maximum absolute atomic E-state index is 12.3. The Labute approximate surface area is 128 Å². The molecule has 3 heterocycles. The zero-order valence-electron chi connectivity index (χ0n) is 12.7. The minimum atomic E-state index is -0.108. The number of nitrogens with zero attached hydrogens (tertiary/aromatic N) is 5. The summed E-state index contributed by atoms with van der Waals surface area (Å²) in [5.74, 6) is 0.925. The van der Waals surface area contributed by atoms with E-state index in [9.17, 15) is 4.79 Å². The summed E-state index contributed by atoms with van der Waals surface area (Å²) >= 11 is 0. The number of rotatable bonds is 3. The van der Waals surface area contributed by atoms with Crippen LogP contribution in [0.25, 0.3) is 0 Å². The summed E-state index contributed by atoms with van der Waals surface area (Å²) in [5.41, 5.74) is 1.88. The van der Waals surface area contributed by atoms with E-state index in [1.165, 1.54) is 6.33 Å². The van der Waals surface area contributed by atoms with Crippen LogP contribution < -0.4 is 10.2 Å². The number of carbonyl (C=O) groups is 1. The van der Waals surface area contributed by atoms with Crippen LogP contribution in [0.4, 0.5) is 11.9 Å². The van der Waals surface area contributed by atoms with Crippen LogP contribution in [0, 0.1) is 19.8 Å². The Hall–Kier alpha value is -2.51. The molecule has 1 fully saturated rings. The summed E-state index contributed by atoms with van der Waals surface area (Å²) in [5, 5.41) is 9.11. The largest absolute Gasteiger partial charge is 0.340 e. The fourth-order valence-electron chi connectivity index (χ4n) is 2.71. The summed E-state index contributed by atoms with van der Waals surface area (Å²) < 4.78 is 0. The highest BCUT2D eigenvalue weighted by atomic mass is 16.2. The number of hydrogen-bond acceptors (Lipinski definition) is 6. The molecule has 1 amide bonds. The van der Waals surface area contributed by atoms with Crippen molar-refractivity contribution >= 4 is 17.8 Å². The van der Waals surface area contributed by atoms with Crippen molar-refractivity contribution in [2.75, 3.05) is 23.3 Å².